The molecule has 0 unspecified atom stereocenters. The number of nitrogens with zero attached hydrogens (tertiary/aromatic N) is 6. The first kappa shape index (κ1) is 18.8. The van der Waals surface area contributed by atoms with Crippen molar-refractivity contribution in [2.75, 3.05) is 49.1 Å². The van der Waals surface area contributed by atoms with Crippen molar-refractivity contribution in [1.29, 1.82) is 0 Å². The van der Waals surface area contributed by atoms with Gasteiger partial charge in [0.1, 0.15) is 11.5 Å². The Morgan fingerprint density at radius 3 is 2.47 bits per heavy atom. The number of rotatable bonds is 3. The molecule has 7 heteroatoms. The number of pyridine rings is 1. The lowest BCUT2D eigenvalue weighted by Gasteiger charge is -2.35. The van der Waals surface area contributed by atoms with E-state index in [4.69, 9.17) is 4.98 Å². The predicted octanol–water partition coefficient (Wildman–Crippen LogP) is 2.90. The highest BCUT2D eigenvalue weighted by atomic mass is 16.2. The normalized spacial score (nSPS) is 17.0. The van der Waals surface area contributed by atoms with Gasteiger partial charge in [0.2, 0.25) is 5.95 Å². The van der Waals surface area contributed by atoms with Crippen molar-refractivity contribution in [3.8, 4) is 0 Å². The van der Waals surface area contributed by atoms with Gasteiger partial charge < -0.3 is 14.7 Å². The van der Waals surface area contributed by atoms with Crippen molar-refractivity contribution in [2.45, 2.75) is 19.8 Å². The van der Waals surface area contributed by atoms with Gasteiger partial charge in [-0.2, -0.15) is 4.98 Å². The number of fused-ring (bicyclic) bond motifs is 1. The molecule has 0 atom stereocenters. The van der Waals surface area contributed by atoms with Crippen LogP contribution in [0.25, 0.3) is 10.8 Å². The molecule has 0 aliphatic carbocycles. The highest BCUT2D eigenvalue weighted by molar-refractivity contribution is 6.05. The zero-order valence-corrected chi connectivity index (χ0v) is 17.3. The molecule has 4 heterocycles. The molecule has 2 saturated heterocycles. The van der Waals surface area contributed by atoms with Gasteiger partial charge in [0.05, 0.1) is 0 Å². The van der Waals surface area contributed by atoms with Crippen molar-refractivity contribution in [2.24, 2.45) is 0 Å². The number of benzene rings is 1. The van der Waals surface area contributed by atoms with E-state index in [9.17, 15) is 4.79 Å². The van der Waals surface area contributed by atoms with Crippen LogP contribution in [0.2, 0.25) is 0 Å². The second kappa shape index (κ2) is 7.89. The summed E-state index contributed by atoms with van der Waals surface area (Å²) >= 11 is 0. The van der Waals surface area contributed by atoms with E-state index < -0.39 is 0 Å². The molecule has 0 bridgehead atoms. The van der Waals surface area contributed by atoms with Crippen LogP contribution < -0.4 is 9.80 Å². The summed E-state index contributed by atoms with van der Waals surface area (Å²) in [5.41, 5.74) is 1.52. The van der Waals surface area contributed by atoms with Crippen LogP contribution in [0, 0.1) is 6.92 Å². The first-order valence-corrected chi connectivity index (χ1v) is 10.7. The van der Waals surface area contributed by atoms with Crippen molar-refractivity contribution in [1.82, 2.24) is 19.9 Å². The smallest absolute Gasteiger partial charge is 0.273 e. The molecule has 1 aromatic carbocycles. The molecule has 154 valence electrons. The third-order valence-electron chi connectivity index (χ3n) is 5.98. The minimum absolute atomic E-state index is 0.00285. The first-order valence-electron chi connectivity index (χ1n) is 10.7. The van der Waals surface area contributed by atoms with Crippen LogP contribution in [-0.4, -0.2) is 65.0 Å². The Kier molecular flexibility index (Phi) is 4.94. The third-order valence-corrected chi connectivity index (χ3v) is 5.98. The highest BCUT2D eigenvalue weighted by Crippen LogP contribution is 2.23. The monoisotopic (exact) mass is 402 g/mol. The molecule has 2 aliphatic heterocycles. The molecule has 2 aliphatic rings. The second-order valence-corrected chi connectivity index (χ2v) is 8.02. The summed E-state index contributed by atoms with van der Waals surface area (Å²) in [6.45, 7) is 6.92. The number of aromatic nitrogens is 3. The fourth-order valence-corrected chi connectivity index (χ4v) is 4.34. The number of hydrogen-bond donors (Lipinski definition) is 0. The summed E-state index contributed by atoms with van der Waals surface area (Å²) in [4.78, 5) is 33.4. The maximum Gasteiger partial charge on any atom is 0.273 e. The number of amides is 1. The van der Waals surface area contributed by atoms with Crippen molar-refractivity contribution >= 4 is 28.4 Å². The fraction of sp³-hybridized carbons (Fsp3) is 0.391. The minimum Gasteiger partial charge on any atom is -0.353 e. The van der Waals surface area contributed by atoms with Crippen molar-refractivity contribution < 1.29 is 4.79 Å². The molecule has 0 spiro atoms. The summed E-state index contributed by atoms with van der Waals surface area (Å²) < 4.78 is 0. The van der Waals surface area contributed by atoms with E-state index in [1.807, 2.05) is 48.2 Å². The van der Waals surface area contributed by atoms with Gasteiger partial charge in [-0.15, -0.1) is 0 Å². The van der Waals surface area contributed by atoms with Crippen LogP contribution in [0.4, 0.5) is 11.8 Å². The zero-order valence-electron chi connectivity index (χ0n) is 17.3. The lowest BCUT2D eigenvalue weighted by Crippen LogP contribution is -2.49. The average molecular weight is 403 g/mol. The number of aryl methyl sites for hydroxylation is 1. The van der Waals surface area contributed by atoms with Gasteiger partial charge >= 0.3 is 0 Å². The van der Waals surface area contributed by atoms with Gasteiger partial charge in [0.25, 0.3) is 5.91 Å². The highest BCUT2D eigenvalue weighted by Gasteiger charge is 2.26. The van der Waals surface area contributed by atoms with Gasteiger partial charge in [-0.25, -0.2) is 4.98 Å². The van der Waals surface area contributed by atoms with Gasteiger partial charge in [-0.1, -0.05) is 24.3 Å². The van der Waals surface area contributed by atoms with Crippen LogP contribution in [0.1, 0.15) is 29.0 Å². The molecule has 1 amide bonds. The average Bonchev–Trinajstić information content (AvgIpc) is 3.33. The fourth-order valence-electron chi connectivity index (χ4n) is 4.34. The molecule has 30 heavy (non-hydrogen) atoms. The summed E-state index contributed by atoms with van der Waals surface area (Å²) in [7, 11) is 0. The second-order valence-electron chi connectivity index (χ2n) is 8.02. The number of carbonyl (C=O) groups excluding carboxylic acids is 1. The Bertz CT molecular complexity index is 1060. The molecule has 3 aromatic rings. The standard InChI is InChI=1S/C23H26N6O/c1-17-16-20(26-23(25-17)29-10-4-5-11-29)27-12-14-28(15-13-27)22(30)21-19-7-3-2-6-18(19)8-9-24-21/h2-3,6-9,16H,4-5,10-15H2,1H3. The molecule has 2 aromatic heterocycles. The molecular weight excluding hydrogens is 376 g/mol. The van der Waals surface area contributed by atoms with E-state index in [-0.39, 0.29) is 5.91 Å². The van der Waals surface area contributed by atoms with Gasteiger partial charge in [0, 0.05) is 62.6 Å². The minimum atomic E-state index is 0.00285. The number of piperazine rings is 1. The van der Waals surface area contributed by atoms with Crippen molar-refractivity contribution in [3.63, 3.8) is 0 Å². The van der Waals surface area contributed by atoms with Crippen LogP contribution in [0.5, 0.6) is 0 Å². The van der Waals surface area contributed by atoms with E-state index in [1.165, 1.54) is 12.8 Å². The summed E-state index contributed by atoms with van der Waals surface area (Å²) in [5, 5.41) is 1.95. The number of anilines is 2. The maximum absolute atomic E-state index is 13.2. The molecule has 0 radical (unpaired) electrons. The van der Waals surface area contributed by atoms with Crippen LogP contribution in [-0.2, 0) is 0 Å². The molecule has 0 N–H and O–H groups in total. The Balaban J connectivity index is 1.31. The molecular formula is C23H26N6O. The quantitative estimate of drug-likeness (QED) is 0.671. The zero-order chi connectivity index (χ0) is 20.5. The third kappa shape index (κ3) is 3.56. The van der Waals surface area contributed by atoms with Crippen LogP contribution in [0.3, 0.4) is 0 Å². The Morgan fingerprint density at radius 1 is 0.900 bits per heavy atom. The van der Waals surface area contributed by atoms with E-state index in [1.54, 1.807) is 6.20 Å². The Hall–Kier alpha value is -3.22. The summed E-state index contributed by atoms with van der Waals surface area (Å²) in [6, 6.07) is 11.9. The van der Waals surface area contributed by atoms with Gasteiger partial charge in [-0.3, -0.25) is 9.78 Å². The van der Waals surface area contributed by atoms with E-state index >= 15 is 0 Å². The van der Waals surface area contributed by atoms with E-state index in [0.717, 1.165) is 54.4 Å². The van der Waals surface area contributed by atoms with E-state index in [2.05, 4.69) is 19.8 Å². The van der Waals surface area contributed by atoms with E-state index in [0.29, 0.717) is 18.8 Å². The Labute approximate surface area is 176 Å². The lowest BCUT2D eigenvalue weighted by atomic mass is 10.1. The number of carbonyl (C=O) groups is 1. The summed E-state index contributed by atoms with van der Waals surface area (Å²) in [6.07, 6.45) is 4.13. The predicted molar refractivity (Wildman–Crippen MR) is 118 cm³/mol. The number of hydrogen-bond acceptors (Lipinski definition) is 6. The first-order chi connectivity index (χ1) is 14.7. The van der Waals surface area contributed by atoms with Gasteiger partial charge in [-0.05, 0) is 31.2 Å². The Morgan fingerprint density at radius 2 is 1.67 bits per heavy atom. The van der Waals surface area contributed by atoms with Crippen molar-refractivity contribution in [3.05, 3.63) is 54.0 Å². The SMILES string of the molecule is Cc1cc(N2CCN(C(=O)c3nccc4ccccc34)CC2)nc(N2CCCC2)n1. The molecule has 2 fully saturated rings. The molecule has 5 rings (SSSR count). The lowest BCUT2D eigenvalue weighted by molar-refractivity contribution is 0.0743. The largest absolute Gasteiger partial charge is 0.353 e. The molecule has 7 nitrogen and oxygen atoms in total. The summed E-state index contributed by atoms with van der Waals surface area (Å²) in [5.74, 6) is 1.80. The van der Waals surface area contributed by atoms with Crippen LogP contribution >= 0.6 is 0 Å². The topological polar surface area (TPSA) is 65.5 Å². The van der Waals surface area contributed by atoms with Gasteiger partial charge in [0.15, 0.2) is 0 Å². The molecule has 0 saturated carbocycles. The van der Waals surface area contributed by atoms with Crippen LogP contribution in [0.15, 0.2) is 42.6 Å². The maximum atomic E-state index is 13.2.